The molecular weight excluding hydrogens is 404 g/mol. The lowest BCUT2D eigenvalue weighted by Crippen LogP contribution is -2.15. The molecule has 0 saturated carbocycles. The monoisotopic (exact) mass is 422 g/mol. The van der Waals surface area contributed by atoms with Crippen molar-refractivity contribution < 1.29 is 18.7 Å². The van der Waals surface area contributed by atoms with E-state index in [1.54, 1.807) is 62.4 Å². The molecule has 8 nitrogen and oxygen atoms in total. The summed E-state index contributed by atoms with van der Waals surface area (Å²) in [6, 6.07) is 15.5. The van der Waals surface area contributed by atoms with E-state index in [-0.39, 0.29) is 17.6 Å². The van der Waals surface area contributed by atoms with Gasteiger partial charge in [0.1, 0.15) is 0 Å². The van der Waals surface area contributed by atoms with Crippen molar-refractivity contribution in [3.05, 3.63) is 71.4 Å². The maximum Gasteiger partial charge on any atom is 0.340 e. The zero-order valence-electron chi connectivity index (χ0n) is 16.3. The standard InChI is InChI=1S/C21H18N4O4S/c1-13(20-25-24-14(2)29-20)28-21(27)17-8-3-4-9-18(17)30-12-19(26)23-16-7-5-6-15(10-16)11-22/h3-10,13H,12H2,1-2H3,(H,23,26). The van der Waals surface area contributed by atoms with Crippen molar-refractivity contribution in [1.29, 1.82) is 5.26 Å². The minimum Gasteiger partial charge on any atom is -0.449 e. The van der Waals surface area contributed by atoms with Gasteiger partial charge in [-0.1, -0.05) is 18.2 Å². The third-order valence-corrected chi connectivity index (χ3v) is 4.99. The van der Waals surface area contributed by atoms with Gasteiger partial charge in [0.25, 0.3) is 5.89 Å². The van der Waals surface area contributed by atoms with Crippen LogP contribution in [0.25, 0.3) is 0 Å². The number of thioether (sulfide) groups is 1. The van der Waals surface area contributed by atoms with Crippen LogP contribution in [0.15, 0.2) is 57.8 Å². The highest BCUT2D eigenvalue weighted by atomic mass is 32.2. The topological polar surface area (TPSA) is 118 Å². The summed E-state index contributed by atoms with van der Waals surface area (Å²) in [4.78, 5) is 25.5. The van der Waals surface area contributed by atoms with E-state index >= 15 is 0 Å². The molecule has 0 aliphatic heterocycles. The van der Waals surface area contributed by atoms with Crippen LogP contribution < -0.4 is 5.32 Å². The fourth-order valence-electron chi connectivity index (χ4n) is 2.52. The Labute approximate surface area is 177 Å². The second-order valence-electron chi connectivity index (χ2n) is 6.23. The van der Waals surface area contributed by atoms with Crippen molar-refractivity contribution in [3.63, 3.8) is 0 Å². The highest BCUT2D eigenvalue weighted by molar-refractivity contribution is 8.00. The number of nitrogens with zero attached hydrogens (tertiary/aromatic N) is 3. The van der Waals surface area contributed by atoms with Gasteiger partial charge in [0.05, 0.1) is 22.9 Å². The number of rotatable bonds is 7. The Hall–Kier alpha value is -3.64. The lowest BCUT2D eigenvalue weighted by molar-refractivity contribution is -0.113. The third kappa shape index (κ3) is 5.46. The van der Waals surface area contributed by atoms with E-state index in [0.29, 0.717) is 27.6 Å². The zero-order chi connectivity index (χ0) is 21.5. The summed E-state index contributed by atoms with van der Waals surface area (Å²) >= 11 is 1.21. The summed E-state index contributed by atoms with van der Waals surface area (Å²) in [5.74, 6) is -0.129. The van der Waals surface area contributed by atoms with E-state index in [2.05, 4.69) is 15.5 Å². The molecule has 0 aliphatic carbocycles. The average molecular weight is 422 g/mol. The first-order valence-electron chi connectivity index (χ1n) is 8.99. The van der Waals surface area contributed by atoms with Gasteiger partial charge in [0.2, 0.25) is 11.8 Å². The van der Waals surface area contributed by atoms with Crippen LogP contribution in [-0.2, 0) is 9.53 Å². The van der Waals surface area contributed by atoms with E-state index in [1.807, 2.05) is 6.07 Å². The Morgan fingerprint density at radius 3 is 2.77 bits per heavy atom. The highest BCUT2D eigenvalue weighted by Gasteiger charge is 2.21. The SMILES string of the molecule is Cc1nnc(C(C)OC(=O)c2ccccc2SCC(=O)Nc2cccc(C#N)c2)o1. The Morgan fingerprint density at radius 2 is 2.03 bits per heavy atom. The van der Waals surface area contributed by atoms with E-state index in [1.165, 1.54) is 11.8 Å². The molecule has 0 radical (unpaired) electrons. The van der Waals surface area contributed by atoms with Crippen molar-refractivity contribution in [1.82, 2.24) is 10.2 Å². The molecule has 0 saturated heterocycles. The van der Waals surface area contributed by atoms with Gasteiger partial charge in [-0.2, -0.15) is 5.26 Å². The van der Waals surface area contributed by atoms with Crippen molar-refractivity contribution in [2.24, 2.45) is 0 Å². The molecule has 0 spiro atoms. The minimum absolute atomic E-state index is 0.0828. The Morgan fingerprint density at radius 1 is 1.23 bits per heavy atom. The van der Waals surface area contributed by atoms with E-state index in [0.717, 1.165) is 0 Å². The first kappa shape index (κ1) is 21.1. The molecule has 1 aromatic heterocycles. The van der Waals surface area contributed by atoms with Gasteiger partial charge < -0.3 is 14.5 Å². The van der Waals surface area contributed by atoms with Gasteiger partial charge >= 0.3 is 5.97 Å². The molecule has 1 N–H and O–H groups in total. The number of benzene rings is 2. The van der Waals surface area contributed by atoms with Crippen molar-refractivity contribution in [3.8, 4) is 6.07 Å². The number of nitriles is 1. The number of anilines is 1. The number of carbonyl (C=O) groups is 2. The van der Waals surface area contributed by atoms with E-state index in [9.17, 15) is 9.59 Å². The lowest BCUT2D eigenvalue weighted by atomic mass is 10.2. The van der Waals surface area contributed by atoms with Crippen molar-refractivity contribution in [2.75, 3.05) is 11.1 Å². The molecule has 0 aliphatic rings. The number of hydrogen-bond donors (Lipinski definition) is 1. The summed E-state index contributed by atoms with van der Waals surface area (Å²) in [6.07, 6.45) is -0.701. The molecule has 0 fully saturated rings. The van der Waals surface area contributed by atoms with Crippen LogP contribution in [0.1, 0.15) is 40.7 Å². The Bertz CT molecular complexity index is 1110. The van der Waals surface area contributed by atoms with E-state index in [4.69, 9.17) is 14.4 Å². The summed E-state index contributed by atoms with van der Waals surface area (Å²) in [5.41, 5.74) is 1.33. The quantitative estimate of drug-likeness (QED) is 0.450. The van der Waals surface area contributed by atoms with Gasteiger partial charge in [0.15, 0.2) is 6.10 Å². The number of esters is 1. The molecule has 2 aromatic carbocycles. The van der Waals surface area contributed by atoms with Crippen LogP contribution in [0.2, 0.25) is 0 Å². The molecule has 9 heteroatoms. The van der Waals surface area contributed by atoms with Gasteiger partial charge in [0, 0.05) is 17.5 Å². The van der Waals surface area contributed by atoms with Crippen molar-refractivity contribution in [2.45, 2.75) is 24.8 Å². The van der Waals surface area contributed by atoms with Crippen LogP contribution in [0.4, 0.5) is 5.69 Å². The van der Waals surface area contributed by atoms with Crippen LogP contribution in [0, 0.1) is 18.3 Å². The lowest BCUT2D eigenvalue weighted by Gasteiger charge is -2.12. The second kappa shape index (κ2) is 9.71. The van der Waals surface area contributed by atoms with Crippen molar-refractivity contribution >= 4 is 29.3 Å². The predicted molar refractivity (Wildman–Crippen MR) is 110 cm³/mol. The fourth-order valence-corrected chi connectivity index (χ4v) is 3.36. The van der Waals surface area contributed by atoms with E-state index < -0.39 is 12.1 Å². The summed E-state index contributed by atoms with van der Waals surface area (Å²) in [6.45, 7) is 3.29. The van der Waals surface area contributed by atoms with Crippen LogP contribution in [0.3, 0.4) is 0 Å². The van der Waals surface area contributed by atoms with Gasteiger partial charge in [-0.3, -0.25) is 4.79 Å². The molecular formula is C21H18N4O4S. The second-order valence-corrected chi connectivity index (χ2v) is 7.25. The maximum atomic E-state index is 12.6. The molecule has 1 atom stereocenters. The summed E-state index contributed by atoms with van der Waals surface area (Å²) < 4.78 is 10.7. The van der Waals surface area contributed by atoms with Crippen LogP contribution >= 0.6 is 11.8 Å². The molecule has 152 valence electrons. The number of nitrogens with one attached hydrogen (secondary N) is 1. The molecule has 1 unspecified atom stereocenters. The molecule has 1 amide bonds. The number of amides is 1. The fraction of sp³-hybridized carbons (Fsp3) is 0.190. The molecule has 3 aromatic rings. The first-order valence-corrected chi connectivity index (χ1v) is 9.97. The maximum absolute atomic E-state index is 12.6. The highest BCUT2D eigenvalue weighted by Crippen LogP contribution is 2.26. The number of aryl methyl sites for hydroxylation is 1. The number of hydrogen-bond acceptors (Lipinski definition) is 8. The smallest absolute Gasteiger partial charge is 0.340 e. The molecule has 30 heavy (non-hydrogen) atoms. The van der Waals surface area contributed by atoms with Crippen LogP contribution in [-0.4, -0.2) is 27.8 Å². The summed E-state index contributed by atoms with van der Waals surface area (Å²) in [5, 5.41) is 19.3. The van der Waals surface area contributed by atoms with Gasteiger partial charge in [-0.05, 0) is 37.3 Å². The van der Waals surface area contributed by atoms with Gasteiger partial charge in [-0.25, -0.2) is 4.79 Å². The summed E-state index contributed by atoms with van der Waals surface area (Å²) in [7, 11) is 0. The minimum atomic E-state index is -0.701. The molecule has 0 bridgehead atoms. The Balaban J connectivity index is 1.62. The number of aromatic nitrogens is 2. The predicted octanol–water partition coefficient (Wildman–Crippen LogP) is 3.90. The zero-order valence-corrected chi connectivity index (χ0v) is 17.1. The molecule has 3 rings (SSSR count). The van der Waals surface area contributed by atoms with Crippen LogP contribution in [0.5, 0.6) is 0 Å². The third-order valence-electron chi connectivity index (χ3n) is 3.91. The number of ether oxygens (including phenoxy) is 1. The normalized spacial score (nSPS) is 11.4. The Kier molecular flexibility index (Phi) is 6.83. The number of carbonyl (C=O) groups excluding carboxylic acids is 2. The largest absolute Gasteiger partial charge is 0.449 e. The first-order chi connectivity index (χ1) is 14.5. The van der Waals surface area contributed by atoms with Gasteiger partial charge in [-0.15, -0.1) is 22.0 Å². The average Bonchev–Trinajstić information content (AvgIpc) is 3.19. The molecule has 1 heterocycles.